The van der Waals surface area contributed by atoms with Crippen molar-refractivity contribution in [3.8, 4) is 0 Å². The lowest BCUT2D eigenvalue weighted by molar-refractivity contribution is 0.296. The Balaban J connectivity index is 3.51. The highest BCUT2D eigenvalue weighted by atomic mass is 28.2. The summed E-state index contributed by atoms with van der Waals surface area (Å²) in [5.74, 6) is 0. The molecule has 0 N–H and O–H groups in total. The highest BCUT2D eigenvalue weighted by Crippen LogP contribution is 1.95. The third-order valence-corrected chi connectivity index (χ3v) is 1.68. The van der Waals surface area contributed by atoms with Crippen LogP contribution in [0, 0.1) is 0 Å². The van der Waals surface area contributed by atoms with Gasteiger partial charge in [0.15, 0.2) is 0 Å². The Kier molecular flexibility index (Phi) is 3.82. The van der Waals surface area contributed by atoms with Gasteiger partial charge in [0.25, 0.3) is 0 Å². The van der Waals surface area contributed by atoms with Crippen LogP contribution < -0.4 is 0 Å². The van der Waals surface area contributed by atoms with E-state index >= 15 is 0 Å². The van der Waals surface area contributed by atoms with Crippen molar-refractivity contribution in [1.82, 2.24) is 0 Å². The van der Waals surface area contributed by atoms with E-state index in [0.717, 1.165) is 10.5 Å². The van der Waals surface area contributed by atoms with Crippen molar-refractivity contribution in [1.29, 1.82) is 0 Å². The minimum absolute atomic E-state index is 0.326. The maximum absolute atomic E-state index is 5.12. The van der Waals surface area contributed by atoms with Crippen molar-refractivity contribution in [3.05, 3.63) is 11.6 Å². The summed E-state index contributed by atoms with van der Waals surface area (Å²) in [4.78, 5) is 0. The first kappa shape index (κ1) is 7.92. The molecule has 0 aliphatic carbocycles. The molecule has 0 saturated heterocycles. The van der Waals surface area contributed by atoms with Crippen LogP contribution in [0.3, 0.4) is 0 Å². The molecule has 8 heavy (non-hydrogen) atoms. The van der Waals surface area contributed by atoms with Gasteiger partial charge < -0.3 is 4.43 Å². The molecular weight excluding hydrogens is 116 g/mol. The monoisotopic (exact) mass is 130 g/mol. The van der Waals surface area contributed by atoms with E-state index in [2.05, 4.69) is 26.8 Å². The van der Waals surface area contributed by atoms with Crippen LogP contribution in [0.15, 0.2) is 11.6 Å². The molecule has 0 aromatic rings. The highest BCUT2D eigenvalue weighted by Gasteiger charge is 1.88. The maximum Gasteiger partial charge on any atom is 0.146 e. The average molecular weight is 130 g/mol. The summed E-state index contributed by atoms with van der Waals surface area (Å²) < 4.78 is 5.12. The molecule has 0 heterocycles. The lowest BCUT2D eigenvalue weighted by Gasteiger charge is -2.02. The first-order chi connectivity index (χ1) is 3.66. The van der Waals surface area contributed by atoms with Gasteiger partial charge in [-0.05, 0) is 20.8 Å². The molecule has 0 fully saturated rings. The van der Waals surface area contributed by atoms with Crippen molar-refractivity contribution in [3.63, 3.8) is 0 Å². The van der Waals surface area contributed by atoms with Crippen molar-refractivity contribution in [2.24, 2.45) is 0 Å². The molecule has 1 atom stereocenters. The second-order valence-electron chi connectivity index (χ2n) is 2.18. The van der Waals surface area contributed by atoms with Crippen LogP contribution in [0.5, 0.6) is 0 Å². The second-order valence-corrected chi connectivity index (χ2v) is 2.66. The Morgan fingerprint density at radius 2 is 2.12 bits per heavy atom. The van der Waals surface area contributed by atoms with Crippen molar-refractivity contribution >= 4 is 10.5 Å². The standard InChI is InChI=1S/C6H14OSi/c1-5(2)4-6(3)7-8/h4,6H,1-3,8H3. The van der Waals surface area contributed by atoms with Gasteiger partial charge in [-0.2, -0.15) is 0 Å². The third kappa shape index (κ3) is 4.09. The van der Waals surface area contributed by atoms with E-state index in [1.165, 1.54) is 5.57 Å². The van der Waals surface area contributed by atoms with E-state index in [1.807, 2.05) is 0 Å². The molecule has 0 radical (unpaired) electrons. The summed E-state index contributed by atoms with van der Waals surface area (Å²) in [6.45, 7) is 6.22. The fraction of sp³-hybridized carbons (Fsp3) is 0.667. The molecule has 1 unspecified atom stereocenters. The van der Waals surface area contributed by atoms with Gasteiger partial charge in [-0.15, -0.1) is 0 Å². The topological polar surface area (TPSA) is 9.23 Å². The maximum atomic E-state index is 5.12. The van der Waals surface area contributed by atoms with Crippen LogP contribution in [0.25, 0.3) is 0 Å². The van der Waals surface area contributed by atoms with Gasteiger partial charge in [0.05, 0.1) is 6.10 Å². The molecule has 0 saturated carbocycles. The van der Waals surface area contributed by atoms with Crippen molar-refractivity contribution in [2.45, 2.75) is 26.9 Å². The molecule has 0 aromatic carbocycles. The summed E-state index contributed by atoms with van der Waals surface area (Å²) in [5.41, 5.74) is 1.33. The summed E-state index contributed by atoms with van der Waals surface area (Å²) in [6.07, 6.45) is 2.44. The van der Waals surface area contributed by atoms with Gasteiger partial charge in [0.1, 0.15) is 10.5 Å². The fourth-order valence-electron chi connectivity index (χ4n) is 0.537. The molecule has 0 aliphatic rings. The third-order valence-electron chi connectivity index (χ3n) is 0.940. The molecule has 2 heteroatoms. The predicted octanol–water partition coefficient (Wildman–Crippen LogP) is 0.638. The fourth-order valence-corrected chi connectivity index (χ4v) is 0.674. The van der Waals surface area contributed by atoms with Gasteiger partial charge in [0, 0.05) is 0 Å². The largest absolute Gasteiger partial charge is 0.422 e. The predicted molar refractivity (Wildman–Crippen MR) is 39.9 cm³/mol. The van der Waals surface area contributed by atoms with E-state index in [9.17, 15) is 0 Å². The summed E-state index contributed by atoms with van der Waals surface area (Å²) in [5, 5.41) is 0. The molecule has 0 bridgehead atoms. The van der Waals surface area contributed by atoms with Crippen LogP contribution in [-0.4, -0.2) is 16.6 Å². The zero-order valence-corrected chi connectivity index (χ0v) is 8.06. The van der Waals surface area contributed by atoms with Gasteiger partial charge >= 0.3 is 0 Å². The minimum Gasteiger partial charge on any atom is -0.422 e. The SMILES string of the molecule is CC(C)=CC(C)O[SiH3]. The molecule has 0 spiro atoms. The normalized spacial score (nSPS) is 13.4. The Morgan fingerprint density at radius 3 is 2.25 bits per heavy atom. The van der Waals surface area contributed by atoms with E-state index in [1.54, 1.807) is 0 Å². The van der Waals surface area contributed by atoms with Crippen LogP contribution in [0.1, 0.15) is 20.8 Å². The zero-order valence-electron chi connectivity index (χ0n) is 6.06. The van der Waals surface area contributed by atoms with Crippen LogP contribution in [0.2, 0.25) is 0 Å². The summed E-state index contributed by atoms with van der Waals surface area (Å²) in [6, 6.07) is 0. The Morgan fingerprint density at radius 1 is 1.62 bits per heavy atom. The number of hydrogen-bond acceptors (Lipinski definition) is 1. The second kappa shape index (κ2) is 3.86. The smallest absolute Gasteiger partial charge is 0.146 e. The molecule has 0 aromatic heterocycles. The Hall–Kier alpha value is -0.0831. The molecule has 48 valence electrons. The van der Waals surface area contributed by atoms with Crippen LogP contribution in [0.4, 0.5) is 0 Å². The molecular formula is C6H14OSi. The van der Waals surface area contributed by atoms with Gasteiger partial charge in [-0.3, -0.25) is 0 Å². The number of hydrogen-bond donors (Lipinski definition) is 0. The van der Waals surface area contributed by atoms with Crippen molar-refractivity contribution < 1.29 is 4.43 Å². The Bertz CT molecular complexity index is 84.5. The van der Waals surface area contributed by atoms with Crippen molar-refractivity contribution in [2.75, 3.05) is 0 Å². The van der Waals surface area contributed by atoms with E-state index in [0.29, 0.717) is 6.10 Å². The first-order valence-corrected chi connectivity index (χ1v) is 3.66. The lowest BCUT2D eigenvalue weighted by Crippen LogP contribution is -2.00. The number of rotatable bonds is 2. The van der Waals surface area contributed by atoms with E-state index < -0.39 is 0 Å². The van der Waals surface area contributed by atoms with Gasteiger partial charge in [-0.1, -0.05) is 11.6 Å². The van der Waals surface area contributed by atoms with Crippen LogP contribution in [-0.2, 0) is 4.43 Å². The zero-order chi connectivity index (χ0) is 6.57. The summed E-state index contributed by atoms with van der Waals surface area (Å²) in [7, 11) is 0.834. The van der Waals surface area contributed by atoms with E-state index in [-0.39, 0.29) is 0 Å². The molecule has 0 amide bonds. The van der Waals surface area contributed by atoms with Crippen LogP contribution >= 0.6 is 0 Å². The highest BCUT2D eigenvalue weighted by molar-refractivity contribution is 5.98. The molecule has 0 rings (SSSR count). The average Bonchev–Trinajstić information content (AvgIpc) is 1.65. The van der Waals surface area contributed by atoms with E-state index in [4.69, 9.17) is 4.43 Å². The van der Waals surface area contributed by atoms with Gasteiger partial charge in [-0.25, -0.2) is 0 Å². The number of allylic oxidation sites excluding steroid dienone is 1. The minimum atomic E-state index is 0.326. The Labute approximate surface area is 54.3 Å². The first-order valence-electron chi connectivity index (χ1n) is 2.84. The summed E-state index contributed by atoms with van der Waals surface area (Å²) >= 11 is 0. The molecule has 0 aliphatic heterocycles. The van der Waals surface area contributed by atoms with Gasteiger partial charge in [0.2, 0.25) is 0 Å². The quantitative estimate of drug-likeness (QED) is 0.394. The molecule has 1 nitrogen and oxygen atoms in total. The lowest BCUT2D eigenvalue weighted by atomic mass is 10.2.